The van der Waals surface area contributed by atoms with Crippen LogP contribution in [0.5, 0.6) is 0 Å². The molecule has 0 unspecified atom stereocenters. The van der Waals surface area contributed by atoms with E-state index in [1.165, 1.54) is 0 Å². The number of nitrogens with zero attached hydrogens (tertiary/aromatic N) is 2. The van der Waals surface area contributed by atoms with Gasteiger partial charge >= 0.3 is 6.09 Å². The van der Waals surface area contributed by atoms with Gasteiger partial charge in [0.1, 0.15) is 5.60 Å². The van der Waals surface area contributed by atoms with Crippen molar-refractivity contribution in [2.45, 2.75) is 26.4 Å². The van der Waals surface area contributed by atoms with Crippen molar-refractivity contribution in [1.82, 2.24) is 9.80 Å². The Kier molecular flexibility index (Phi) is 2.36. The summed E-state index contributed by atoms with van der Waals surface area (Å²) in [5, 5.41) is 0. The molecule has 0 saturated carbocycles. The van der Waals surface area contributed by atoms with Crippen LogP contribution in [0.15, 0.2) is 0 Å². The molecule has 90 valence electrons. The number of amides is 2. The molecule has 0 aromatic carbocycles. The van der Waals surface area contributed by atoms with Crippen LogP contribution in [0.1, 0.15) is 20.8 Å². The molecule has 0 aromatic rings. The summed E-state index contributed by atoms with van der Waals surface area (Å²) >= 11 is 0. The average Bonchev–Trinajstić information content (AvgIpc) is 1.95. The van der Waals surface area contributed by atoms with Gasteiger partial charge in [-0.2, -0.15) is 0 Å². The Bertz CT molecular complexity index is 308. The molecule has 2 aliphatic rings. The van der Waals surface area contributed by atoms with E-state index < -0.39 is 5.60 Å². The maximum Gasteiger partial charge on any atom is 0.410 e. The van der Waals surface area contributed by atoms with Crippen LogP contribution in [0.25, 0.3) is 0 Å². The molecule has 2 saturated heterocycles. The minimum atomic E-state index is -0.436. The molecule has 2 amide bonds. The van der Waals surface area contributed by atoms with Crippen LogP contribution in [0.2, 0.25) is 0 Å². The zero-order valence-corrected chi connectivity index (χ0v) is 10.0. The van der Waals surface area contributed by atoms with E-state index in [1.54, 1.807) is 9.80 Å². The van der Waals surface area contributed by atoms with E-state index in [9.17, 15) is 9.59 Å². The summed E-state index contributed by atoms with van der Waals surface area (Å²) < 4.78 is 5.26. The van der Waals surface area contributed by atoms with Crippen molar-refractivity contribution in [2.75, 3.05) is 26.2 Å². The summed E-state index contributed by atoms with van der Waals surface area (Å²) in [6, 6.07) is 0. The highest BCUT2D eigenvalue weighted by Crippen LogP contribution is 2.39. The maximum atomic E-state index is 11.6. The fourth-order valence-electron chi connectivity index (χ4n) is 2.31. The lowest BCUT2D eigenvalue weighted by Crippen LogP contribution is -2.72. The molecule has 0 atom stereocenters. The Morgan fingerprint density at radius 3 is 2.25 bits per heavy atom. The fourth-order valence-corrected chi connectivity index (χ4v) is 2.31. The predicted molar refractivity (Wildman–Crippen MR) is 57.9 cm³/mol. The second-order valence-corrected chi connectivity index (χ2v) is 5.85. The minimum absolute atomic E-state index is 0.164. The van der Waals surface area contributed by atoms with Crippen LogP contribution >= 0.6 is 0 Å². The number of rotatable bonds is 1. The quantitative estimate of drug-likeness (QED) is 0.618. The van der Waals surface area contributed by atoms with Crippen molar-refractivity contribution >= 4 is 12.5 Å². The lowest BCUT2D eigenvalue weighted by molar-refractivity contribution is -0.144. The summed E-state index contributed by atoms with van der Waals surface area (Å²) in [6.45, 7) is 8.55. The van der Waals surface area contributed by atoms with Gasteiger partial charge in [-0.3, -0.25) is 4.79 Å². The van der Waals surface area contributed by atoms with E-state index in [4.69, 9.17) is 4.74 Å². The average molecular weight is 226 g/mol. The number of ether oxygens (including phenoxy) is 1. The number of carbonyl (C=O) groups excluding carboxylic acids is 2. The molecular formula is C11H18N2O3. The lowest BCUT2D eigenvalue weighted by atomic mass is 9.73. The molecule has 0 N–H and O–H groups in total. The summed E-state index contributed by atoms with van der Waals surface area (Å²) in [5.74, 6) is 0. The molecule has 2 rings (SSSR count). The first-order valence-electron chi connectivity index (χ1n) is 5.51. The molecule has 0 aliphatic carbocycles. The van der Waals surface area contributed by atoms with Crippen LogP contribution in [0.3, 0.4) is 0 Å². The molecule has 2 aliphatic heterocycles. The molecule has 0 radical (unpaired) electrons. The first-order chi connectivity index (χ1) is 7.34. The highest BCUT2D eigenvalue weighted by atomic mass is 16.6. The maximum absolute atomic E-state index is 11.6. The van der Waals surface area contributed by atoms with Crippen molar-refractivity contribution in [3.05, 3.63) is 0 Å². The molecule has 2 fully saturated rings. The van der Waals surface area contributed by atoms with Gasteiger partial charge in [-0.1, -0.05) is 0 Å². The van der Waals surface area contributed by atoms with Crippen LogP contribution < -0.4 is 0 Å². The van der Waals surface area contributed by atoms with E-state index in [2.05, 4.69) is 0 Å². The van der Waals surface area contributed by atoms with Crippen molar-refractivity contribution in [1.29, 1.82) is 0 Å². The van der Waals surface area contributed by atoms with Crippen LogP contribution in [-0.4, -0.2) is 54.1 Å². The van der Waals surface area contributed by atoms with Crippen LogP contribution in [-0.2, 0) is 9.53 Å². The Hall–Kier alpha value is -1.26. The van der Waals surface area contributed by atoms with Gasteiger partial charge in [0, 0.05) is 31.6 Å². The molecule has 5 nitrogen and oxygen atoms in total. The van der Waals surface area contributed by atoms with Gasteiger partial charge in [0.15, 0.2) is 0 Å². The summed E-state index contributed by atoms with van der Waals surface area (Å²) in [4.78, 5) is 25.5. The first kappa shape index (κ1) is 11.2. The van der Waals surface area contributed by atoms with E-state index >= 15 is 0 Å². The summed E-state index contributed by atoms with van der Waals surface area (Å²) in [7, 11) is 0. The number of hydrogen-bond acceptors (Lipinski definition) is 3. The van der Waals surface area contributed by atoms with Gasteiger partial charge in [0.05, 0.1) is 0 Å². The zero-order valence-electron chi connectivity index (χ0n) is 10.0. The number of carbonyl (C=O) groups is 2. The topological polar surface area (TPSA) is 49.9 Å². The van der Waals surface area contributed by atoms with Crippen LogP contribution in [0, 0.1) is 5.41 Å². The fraction of sp³-hybridized carbons (Fsp3) is 0.818. The molecule has 1 spiro atoms. The Labute approximate surface area is 95.3 Å². The highest BCUT2D eigenvalue weighted by Gasteiger charge is 2.53. The third kappa shape index (κ3) is 1.99. The zero-order chi connectivity index (χ0) is 12.0. The monoisotopic (exact) mass is 226 g/mol. The van der Waals surface area contributed by atoms with Gasteiger partial charge in [-0.25, -0.2) is 4.79 Å². The largest absolute Gasteiger partial charge is 0.444 e. The SMILES string of the molecule is CC(C)(C)OC(=O)N1CC2(CN(C=O)C2)C1. The molecule has 0 bridgehead atoms. The predicted octanol–water partition coefficient (Wildman–Crippen LogP) is 0.696. The lowest BCUT2D eigenvalue weighted by Gasteiger charge is -2.58. The standard InChI is InChI=1S/C11H18N2O3/c1-10(2,3)16-9(15)13-6-11(7-13)4-12(5-11)8-14/h8H,4-7H2,1-3H3. The number of likely N-dealkylation sites (tertiary alicyclic amines) is 2. The second kappa shape index (κ2) is 3.37. The van der Waals surface area contributed by atoms with Gasteiger partial charge in [0.2, 0.25) is 6.41 Å². The van der Waals surface area contributed by atoms with Crippen molar-refractivity contribution < 1.29 is 14.3 Å². The van der Waals surface area contributed by atoms with E-state index in [1.807, 2.05) is 20.8 Å². The molecule has 0 aromatic heterocycles. The Morgan fingerprint density at radius 1 is 1.25 bits per heavy atom. The van der Waals surface area contributed by atoms with Gasteiger partial charge in [0.25, 0.3) is 0 Å². The van der Waals surface area contributed by atoms with Crippen molar-refractivity contribution in [2.24, 2.45) is 5.41 Å². The normalized spacial score (nSPS) is 22.4. The van der Waals surface area contributed by atoms with Crippen molar-refractivity contribution in [3.8, 4) is 0 Å². The van der Waals surface area contributed by atoms with E-state index in [0.29, 0.717) is 13.1 Å². The van der Waals surface area contributed by atoms with Gasteiger partial charge in [-0.05, 0) is 20.8 Å². The molecule has 5 heteroatoms. The molecule has 2 heterocycles. The second-order valence-electron chi connectivity index (χ2n) is 5.85. The van der Waals surface area contributed by atoms with Gasteiger partial charge < -0.3 is 14.5 Å². The Balaban J connectivity index is 1.77. The minimum Gasteiger partial charge on any atom is -0.444 e. The first-order valence-corrected chi connectivity index (χ1v) is 5.51. The Morgan fingerprint density at radius 2 is 1.81 bits per heavy atom. The number of hydrogen-bond donors (Lipinski definition) is 0. The highest BCUT2D eigenvalue weighted by molar-refractivity contribution is 5.70. The van der Waals surface area contributed by atoms with Gasteiger partial charge in [-0.15, -0.1) is 0 Å². The van der Waals surface area contributed by atoms with E-state index in [-0.39, 0.29) is 11.5 Å². The molecule has 16 heavy (non-hydrogen) atoms. The molecular weight excluding hydrogens is 208 g/mol. The van der Waals surface area contributed by atoms with Crippen LogP contribution in [0.4, 0.5) is 4.79 Å². The smallest absolute Gasteiger partial charge is 0.410 e. The summed E-state index contributed by atoms with van der Waals surface area (Å²) in [5.41, 5.74) is -0.272. The summed E-state index contributed by atoms with van der Waals surface area (Å²) in [6.07, 6.45) is 0.615. The third-order valence-corrected chi connectivity index (χ3v) is 2.93. The third-order valence-electron chi connectivity index (χ3n) is 2.93. The van der Waals surface area contributed by atoms with E-state index in [0.717, 1.165) is 19.5 Å². The van der Waals surface area contributed by atoms with Crippen molar-refractivity contribution in [3.63, 3.8) is 0 Å².